The summed E-state index contributed by atoms with van der Waals surface area (Å²) in [7, 11) is 1.65. The van der Waals surface area contributed by atoms with E-state index in [4.69, 9.17) is 10.00 Å². The lowest BCUT2D eigenvalue weighted by Crippen LogP contribution is -2.44. The first-order valence-electron chi connectivity index (χ1n) is 7.94. The van der Waals surface area contributed by atoms with Crippen LogP contribution in [0.1, 0.15) is 24.0 Å². The Balaban J connectivity index is 1.90. The molecule has 1 aliphatic heterocycles. The van der Waals surface area contributed by atoms with Crippen molar-refractivity contribution in [3.05, 3.63) is 35.1 Å². The minimum absolute atomic E-state index is 0.0912. The summed E-state index contributed by atoms with van der Waals surface area (Å²) >= 11 is 0. The second kappa shape index (κ2) is 8.62. The summed E-state index contributed by atoms with van der Waals surface area (Å²) in [5.74, 6) is 0.140. The van der Waals surface area contributed by atoms with Crippen LogP contribution in [0.15, 0.2) is 23.2 Å². The number of aliphatic hydroxyl groups is 1. The lowest BCUT2D eigenvalue weighted by atomic mass is 9.84. The van der Waals surface area contributed by atoms with E-state index in [1.54, 1.807) is 19.2 Å². The number of guanidine groups is 1. The predicted octanol–water partition coefficient (Wildman–Crippen LogP) is 1.15. The third-order valence-corrected chi connectivity index (χ3v) is 4.31. The van der Waals surface area contributed by atoms with Gasteiger partial charge >= 0.3 is 0 Å². The highest BCUT2D eigenvalue weighted by molar-refractivity contribution is 5.79. The molecule has 0 amide bonds. The van der Waals surface area contributed by atoms with E-state index < -0.39 is 5.82 Å². The van der Waals surface area contributed by atoms with Crippen molar-refractivity contribution in [2.24, 2.45) is 10.4 Å². The Labute approximate surface area is 141 Å². The molecule has 0 spiro atoms. The van der Waals surface area contributed by atoms with Gasteiger partial charge < -0.3 is 20.5 Å². The smallest absolute Gasteiger partial charge is 0.191 e. The fourth-order valence-electron chi connectivity index (χ4n) is 2.74. The number of nitriles is 1. The van der Waals surface area contributed by atoms with Gasteiger partial charge in [-0.15, -0.1) is 0 Å². The molecule has 0 aliphatic carbocycles. The van der Waals surface area contributed by atoms with Gasteiger partial charge in [-0.2, -0.15) is 5.26 Å². The van der Waals surface area contributed by atoms with Gasteiger partial charge in [0.15, 0.2) is 5.96 Å². The number of ether oxygens (including phenoxy) is 1. The Morgan fingerprint density at radius 2 is 2.33 bits per heavy atom. The van der Waals surface area contributed by atoms with Crippen molar-refractivity contribution in [2.45, 2.75) is 19.4 Å². The number of nitrogens with one attached hydrogen (secondary N) is 2. The molecular weight excluding hydrogens is 311 g/mol. The molecule has 0 aromatic heterocycles. The molecule has 0 saturated carbocycles. The van der Waals surface area contributed by atoms with E-state index in [-0.39, 0.29) is 18.6 Å². The molecule has 130 valence electrons. The highest BCUT2D eigenvalue weighted by Crippen LogP contribution is 2.31. The maximum Gasteiger partial charge on any atom is 0.191 e. The SMILES string of the molecule is CN=C(NCc1ccc(C#N)cc1F)NCC1(CCO)CCOC1. The normalized spacial score (nSPS) is 20.7. The summed E-state index contributed by atoms with van der Waals surface area (Å²) in [5, 5.41) is 24.3. The van der Waals surface area contributed by atoms with Crippen LogP contribution in [-0.2, 0) is 11.3 Å². The molecular formula is C17H23FN4O2. The van der Waals surface area contributed by atoms with Gasteiger partial charge in [-0.25, -0.2) is 4.39 Å². The van der Waals surface area contributed by atoms with Crippen LogP contribution in [0.5, 0.6) is 0 Å². The van der Waals surface area contributed by atoms with E-state index in [0.29, 0.717) is 43.3 Å². The van der Waals surface area contributed by atoms with E-state index in [2.05, 4.69) is 15.6 Å². The van der Waals surface area contributed by atoms with Crippen LogP contribution in [-0.4, -0.2) is 44.5 Å². The number of rotatable bonds is 6. The Morgan fingerprint density at radius 1 is 1.50 bits per heavy atom. The van der Waals surface area contributed by atoms with E-state index in [0.717, 1.165) is 6.42 Å². The number of hydrogen-bond acceptors (Lipinski definition) is 4. The summed E-state index contributed by atoms with van der Waals surface area (Å²) in [6.07, 6.45) is 1.56. The first kappa shape index (κ1) is 18.2. The Bertz CT molecular complexity index is 622. The lowest BCUT2D eigenvalue weighted by Gasteiger charge is -2.27. The summed E-state index contributed by atoms with van der Waals surface area (Å²) in [6, 6.07) is 6.31. The molecule has 1 aliphatic rings. The molecule has 1 heterocycles. The van der Waals surface area contributed by atoms with Crippen molar-refractivity contribution < 1.29 is 14.2 Å². The van der Waals surface area contributed by atoms with E-state index in [1.807, 2.05) is 6.07 Å². The molecule has 1 fully saturated rings. The standard InChI is InChI=1S/C17H23FN4O2/c1-20-16(22-11-17(4-6-23)5-7-24-12-17)21-10-14-3-2-13(9-19)8-15(14)18/h2-3,8,23H,4-7,10-12H2,1H3,(H2,20,21,22). The molecule has 0 bridgehead atoms. The maximum atomic E-state index is 13.9. The third-order valence-electron chi connectivity index (χ3n) is 4.31. The highest BCUT2D eigenvalue weighted by Gasteiger charge is 2.34. The van der Waals surface area contributed by atoms with Crippen LogP contribution in [0.3, 0.4) is 0 Å². The van der Waals surface area contributed by atoms with E-state index in [9.17, 15) is 9.50 Å². The predicted molar refractivity (Wildman–Crippen MR) is 88.9 cm³/mol. The number of nitrogens with zero attached hydrogens (tertiary/aromatic N) is 2. The van der Waals surface area contributed by atoms with Gasteiger partial charge in [0.2, 0.25) is 0 Å². The van der Waals surface area contributed by atoms with Crippen LogP contribution < -0.4 is 10.6 Å². The van der Waals surface area contributed by atoms with Gasteiger partial charge in [-0.1, -0.05) is 6.07 Å². The van der Waals surface area contributed by atoms with Gasteiger partial charge in [-0.05, 0) is 25.0 Å². The molecule has 0 radical (unpaired) electrons. The molecule has 7 heteroatoms. The average Bonchev–Trinajstić information content (AvgIpc) is 3.05. The zero-order valence-corrected chi connectivity index (χ0v) is 13.8. The second-order valence-electron chi connectivity index (χ2n) is 5.97. The first-order chi connectivity index (χ1) is 11.6. The topological polar surface area (TPSA) is 89.7 Å². The Kier molecular flexibility index (Phi) is 6.53. The second-order valence-corrected chi connectivity index (χ2v) is 5.97. The average molecular weight is 334 g/mol. The fraction of sp³-hybridized carbons (Fsp3) is 0.529. The zero-order valence-electron chi connectivity index (χ0n) is 13.8. The third kappa shape index (κ3) is 4.66. The monoisotopic (exact) mass is 334 g/mol. The van der Waals surface area contributed by atoms with Crippen molar-refractivity contribution in [1.29, 1.82) is 5.26 Å². The fourth-order valence-corrected chi connectivity index (χ4v) is 2.74. The maximum absolute atomic E-state index is 13.9. The van der Waals surface area contributed by atoms with Crippen molar-refractivity contribution >= 4 is 5.96 Å². The van der Waals surface area contributed by atoms with Crippen LogP contribution in [0.4, 0.5) is 4.39 Å². The van der Waals surface area contributed by atoms with Crippen molar-refractivity contribution in [3.8, 4) is 6.07 Å². The van der Waals surface area contributed by atoms with Gasteiger partial charge in [0, 0.05) is 44.3 Å². The number of halogens is 1. The minimum Gasteiger partial charge on any atom is -0.396 e. The minimum atomic E-state index is -0.419. The molecule has 1 unspecified atom stereocenters. The van der Waals surface area contributed by atoms with Crippen LogP contribution in [0.2, 0.25) is 0 Å². The summed E-state index contributed by atoms with van der Waals surface area (Å²) in [4.78, 5) is 4.14. The Morgan fingerprint density at radius 3 is 2.92 bits per heavy atom. The van der Waals surface area contributed by atoms with E-state index in [1.165, 1.54) is 6.07 Å². The molecule has 2 rings (SSSR count). The molecule has 1 aromatic carbocycles. The van der Waals surface area contributed by atoms with Crippen LogP contribution in [0, 0.1) is 22.6 Å². The highest BCUT2D eigenvalue weighted by atomic mass is 19.1. The summed E-state index contributed by atoms with van der Waals surface area (Å²) in [6.45, 7) is 2.32. The largest absolute Gasteiger partial charge is 0.396 e. The Hall–Kier alpha value is -2.17. The van der Waals surface area contributed by atoms with Crippen LogP contribution >= 0.6 is 0 Å². The van der Waals surface area contributed by atoms with Gasteiger partial charge in [0.05, 0.1) is 18.2 Å². The molecule has 3 N–H and O–H groups in total. The van der Waals surface area contributed by atoms with Gasteiger partial charge in [0.1, 0.15) is 5.82 Å². The van der Waals surface area contributed by atoms with Crippen molar-refractivity contribution in [2.75, 3.05) is 33.4 Å². The first-order valence-corrected chi connectivity index (χ1v) is 7.94. The van der Waals surface area contributed by atoms with Crippen molar-refractivity contribution in [3.63, 3.8) is 0 Å². The molecule has 1 atom stereocenters. The number of aliphatic imine (C=N–C) groups is 1. The van der Waals surface area contributed by atoms with Gasteiger partial charge in [-0.3, -0.25) is 4.99 Å². The molecule has 1 aromatic rings. The van der Waals surface area contributed by atoms with Crippen LogP contribution in [0.25, 0.3) is 0 Å². The number of aliphatic hydroxyl groups excluding tert-OH is 1. The molecule has 24 heavy (non-hydrogen) atoms. The van der Waals surface area contributed by atoms with E-state index >= 15 is 0 Å². The molecule has 1 saturated heterocycles. The quantitative estimate of drug-likeness (QED) is 0.536. The number of hydrogen-bond donors (Lipinski definition) is 3. The zero-order chi connectivity index (χ0) is 17.4. The van der Waals surface area contributed by atoms with Crippen molar-refractivity contribution in [1.82, 2.24) is 10.6 Å². The number of benzene rings is 1. The lowest BCUT2D eigenvalue weighted by molar-refractivity contribution is 0.127. The van der Waals surface area contributed by atoms with Gasteiger partial charge in [0.25, 0.3) is 0 Å². The summed E-state index contributed by atoms with van der Waals surface area (Å²) < 4.78 is 19.3. The molecule has 6 nitrogen and oxygen atoms in total. The summed E-state index contributed by atoms with van der Waals surface area (Å²) in [5.41, 5.74) is 0.670.